The van der Waals surface area contributed by atoms with Crippen molar-refractivity contribution in [2.24, 2.45) is 5.10 Å². The minimum Gasteiger partial charge on any atom is -0.495 e. The lowest BCUT2D eigenvalue weighted by molar-refractivity contribution is 0.0929. The van der Waals surface area contributed by atoms with Gasteiger partial charge in [0.15, 0.2) is 5.76 Å². The van der Waals surface area contributed by atoms with E-state index in [9.17, 15) is 4.79 Å². The molecule has 0 spiro atoms. The third-order valence-electron chi connectivity index (χ3n) is 4.26. The number of nitrogens with zero attached hydrogens (tertiary/aromatic N) is 1. The number of ether oxygens (including phenoxy) is 1. The smallest absolute Gasteiger partial charge is 0.307 e. The van der Waals surface area contributed by atoms with Crippen LogP contribution >= 0.6 is 23.2 Å². The van der Waals surface area contributed by atoms with Crippen molar-refractivity contribution in [3.63, 3.8) is 0 Å². The number of rotatable bonds is 4. The second-order valence-corrected chi connectivity index (χ2v) is 6.86. The average molecular weight is 413 g/mol. The maximum atomic E-state index is 12.4. The molecular weight excluding hydrogens is 399 g/mol. The Morgan fingerprint density at radius 1 is 1.11 bits per heavy atom. The van der Waals surface area contributed by atoms with Crippen LogP contribution in [0.1, 0.15) is 16.1 Å². The first kappa shape index (κ1) is 18.3. The number of methoxy groups -OCH3 is 1. The maximum Gasteiger partial charge on any atom is 0.307 e. The Hall–Kier alpha value is -3.02. The number of carbonyl (C=O) groups is 1. The summed E-state index contributed by atoms with van der Waals surface area (Å²) in [4.78, 5) is 12.4. The molecular formula is C21H14Cl2N2O3. The fourth-order valence-electron chi connectivity index (χ4n) is 3.01. The van der Waals surface area contributed by atoms with Crippen LogP contribution in [0, 0.1) is 0 Å². The summed E-state index contributed by atoms with van der Waals surface area (Å²) < 4.78 is 10.9. The molecule has 7 heteroatoms. The number of fused-ring (bicyclic) bond motifs is 3. The molecule has 0 atom stereocenters. The second kappa shape index (κ2) is 7.54. The quantitative estimate of drug-likeness (QED) is 0.347. The number of amides is 1. The van der Waals surface area contributed by atoms with E-state index in [4.69, 9.17) is 32.4 Å². The van der Waals surface area contributed by atoms with Crippen LogP contribution in [0.5, 0.6) is 5.75 Å². The normalized spacial score (nSPS) is 11.4. The molecule has 0 saturated carbocycles. The van der Waals surface area contributed by atoms with Crippen molar-refractivity contribution in [2.75, 3.05) is 7.11 Å². The molecule has 0 aliphatic rings. The van der Waals surface area contributed by atoms with Gasteiger partial charge in [0.2, 0.25) is 0 Å². The average Bonchev–Trinajstić information content (AvgIpc) is 3.12. The van der Waals surface area contributed by atoms with E-state index in [0.717, 1.165) is 16.2 Å². The molecule has 0 radical (unpaired) electrons. The summed E-state index contributed by atoms with van der Waals surface area (Å²) in [6.45, 7) is 0. The summed E-state index contributed by atoms with van der Waals surface area (Å²) in [5.41, 5.74) is 3.61. The van der Waals surface area contributed by atoms with Crippen molar-refractivity contribution in [1.29, 1.82) is 0 Å². The Balaban J connectivity index is 1.59. The van der Waals surface area contributed by atoms with E-state index in [0.29, 0.717) is 26.9 Å². The van der Waals surface area contributed by atoms with E-state index in [1.165, 1.54) is 13.3 Å². The highest BCUT2D eigenvalue weighted by Crippen LogP contribution is 2.31. The molecule has 1 N–H and O–H groups in total. The Morgan fingerprint density at radius 3 is 2.75 bits per heavy atom. The van der Waals surface area contributed by atoms with Gasteiger partial charge in [-0.25, -0.2) is 5.43 Å². The summed E-state index contributed by atoms with van der Waals surface area (Å²) in [6.07, 6.45) is 1.41. The summed E-state index contributed by atoms with van der Waals surface area (Å²) in [5, 5.41) is 7.71. The molecule has 4 aromatic rings. The predicted molar refractivity (Wildman–Crippen MR) is 112 cm³/mol. The second-order valence-electron chi connectivity index (χ2n) is 6.02. The van der Waals surface area contributed by atoms with Crippen molar-refractivity contribution >= 4 is 57.1 Å². The molecule has 3 aromatic carbocycles. The lowest BCUT2D eigenvalue weighted by Crippen LogP contribution is -2.16. The molecule has 1 amide bonds. The van der Waals surface area contributed by atoms with Crippen molar-refractivity contribution < 1.29 is 13.9 Å². The first-order valence-corrected chi connectivity index (χ1v) is 9.10. The zero-order valence-corrected chi connectivity index (χ0v) is 16.2. The first-order chi connectivity index (χ1) is 13.6. The van der Waals surface area contributed by atoms with Gasteiger partial charge in [-0.3, -0.25) is 4.79 Å². The highest BCUT2D eigenvalue weighted by Gasteiger charge is 2.14. The van der Waals surface area contributed by atoms with E-state index in [-0.39, 0.29) is 5.76 Å². The largest absolute Gasteiger partial charge is 0.495 e. The maximum absolute atomic E-state index is 12.4. The van der Waals surface area contributed by atoms with Gasteiger partial charge in [0.25, 0.3) is 0 Å². The van der Waals surface area contributed by atoms with E-state index < -0.39 is 5.91 Å². The lowest BCUT2D eigenvalue weighted by atomic mass is 10.1. The Bertz CT molecular complexity index is 1230. The summed E-state index contributed by atoms with van der Waals surface area (Å²) >= 11 is 12.1. The highest BCUT2D eigenvalue weighted by atomic mass is 35.5. The summed E-state index contributed by atoms with van der Waals surface area (Å²) in [5.74, 6) is 0.113. The standard InChI is InChI=1S/C21H14Cl2N2O3/c1-27-20-13(8-14(22)9-17(20)23)11-24-25-21(26)19-10-16-15-5-3-2-4-12(15)6-7-18(16)28-19/h2-11H,1H3,(H,25,26)/b24-11+. The molecule has 1 heterocycles. The molecule has 140 valence electrons. The monoisotopic (exact) mass is 412 g/mol. The van der Waals surface area contributed by atoms with Gasteiger partial charge >= 0.3 is 5.91 Å². The molecule has 0 bridgehead atoms. The topological polar surface area (TPSA) is 63.8 Å². The van der Waals surface area contributed by atoms with Gasteiger partial charge in [0.1, 0.15) is 11.3 Å². The van der Waals surface area contributed by atoms with E-state index >= 15 is 0 Å². The number of nitrogens with one attached hydrogen (secondary N) is 1. The summed E-state index contributed by atoms with van der Waals surface area (Å²) in [7, 11) is 1.49. The Labute approximate surface area is 170 Å². The van der Waals surface area contributed by atoms with Gasteiger partial charge < -0.3 is 9.15 Å². The predicted octanol–water partition coefficient (Wildman–Crippen LogP) is 5.67. The Morgan fingerprint density at radius 2 is 1.93 bits per heavy atom. The number of benzene rings is 3. The third-order valence-corrected chi connectivity index (χ3v) is 4.76. The van der Waals surface area contributed by atoms with Crippen molar-refractivity contribution in [3.8, 4) is 5.75 Å². The number of furan rings is 1. The van der Waals surface area contributed by atoms with E-state index in [1.807, 2.05) is 36.4 Å². The van der Waals surface area contributed by atoms with Crippen LogP contribution in [0.4, 0.5) is 0 Å². The number of hydrazone groups is 1. The van der Waals surface area contributed by atoms with Gasteiger partial charge in [-0.15, -0.1) is 0 Å². The molecule has 0 fully saturated rings. The molecule has 0 unspecified atom stereocenters. The van der Waals surface area contributed by atoms with Gasteiger partial charge in [0, 0.05) is 16.0 Å². The van der Waals surface area contributed by atoms with E-state index in [2.05, 4.69) is 10.5 Å². The minimum atomic E-state index is -0.469. The molecule has 28 heavy (non-hydrogen) atoms. The van der Waals surface area contributed by atoms with Gasteiger partial charge in [0.05, 0.1) is 18.3 Å². The fourth-order valence-corrected chi connectivity index (χ4v) is 3.60. The van der Waals surface area contributed by atoms with Crippen LogP contribution in [0.15, 0.2) is 64.1 Å². The molecule has 0 aliphatic heterocycles. The number of carbonyl (C=O) groups excluding carboxylic acids is 1. The first-order valence-electron chi connectivity index (χ1n) is 8.34. The van der Waals surface area contributed by atoms with Crippen molar-refractivity contribution in [1.82, 2.24) is 5.43 Å². The molecule has 1 aromatic heterocycles. The zero-order valence-electron chi connectivity index (χ0n) is 14.7. The molecule has 5 nitrogen and oxygen atoms in total. The number of hydrogen-bond donors (Lipinski definition) is 1. The summed E-state index contributed by atoms with van der Waals surface area (Å²) in [6, 6.07) is 16.6. The minimum absolute atomic E-state index is 0.166. The lowest BCUT2D eigenvalue weighted by Gasteiger charge is -2.07. The SMILES string of the molecule is COc1c(Cl)cc(Cl)cc1/C=N/NC(=O)c1cc2c(ccc3ccccc32)o1. The van der Waals surface area contributed by atoms with Crippen LogP contribution in [0.3, 0.4) is 0 Å². The van der Waals surface area contributed by atoms with Crippen molar-refractivity contribution in [3.05, 3.63) is 76.0 Å². The van der Waals surface area contributed by atoms with Crippen LogP contribution in [0.25, 0.3) is 21.7 Å². The van der Waals surface area contributed by atoms with Gasteiger partial charge in [-0.05, 0) is 35.0 Å². The van der Waals surface area contributed by atoms with E-state index in [1.54, 1.807) is 18.2 Å². The third kappa shape index (κ3) is 3.42. The van der Waals surface area contributed by atoms with Crippen LogP contribution < -0.4 is 10.2 Å². The van der Waals surface area contributed by atoms with Gasteiger partial charge in [-0.2, -0.15) is 5.10 Å². The van der Waals surface area contributed by atoms with Crippen LogP contribution in [0.2, 0.25) is 10.0 Å². The van der Waals surface area contributed by atoms with Crippen molar-refractivity contribution in [2.45, 2.75) is 0 Å². The van der Waals surface area contributed by atoms with Crippen LogP contribution in [-0.2, 0) is 0 Å². The molecule has 0 aliphatic carbocycles. The molecule has 4 rings (SSSR count). The molecule has 0 saturated heterocycles. The number of hydrogen-bond acceptors (Lipinski definition) is 4. The number of halogens is 2. The van der Waals surface area contributed by atoms with Gasteiger partial charge in [-0.1, -0.05) is 53.5 Å². The zero-order chi connectivity index (χ0) is 19.7. The highest BCUT2D eigenvalue weighted by molar-refractivity contribution is 6.36. The Kier molecular flexibility index (Phi) is 4.94. The van der Waals surface area contributed by atoms with Crippen LogP contribution in [-0.4, -0.2) is 19.2 Å². The fraction of sp³-hybridized carbons (Fsp3) is 0.0476.